The van der Waals surface area contributed by atoms with E-state index < -0.39 is 35.3 Å². The smallest absolute Gasteiger partial charge is 0.408 e. The maximum Gasteiger partial charge on any atom is 0.408 e. The van der Waals surface area contributed by atoms with Crippen LogP contribution in [0.5, 0.6) is 11.5 Å². The molecule has 3 unspecified atom stereocenters. The molecule has 1 fully saturated rings. The first-order chi connectivity index (χ1) is 21.3. The van der Waals surface area contributed by atoms with E-state index in [9.17, 15) is 14.4 Å². The summed E-state index contributed by atoms with van der Waals surface area (Å²) in [5.41, 5.74) is 1.22. The zero-order chi connectivity index (χ0) is 32.9. The van der Waals surface area contributed by atoms with Crippen LogP contribution in [0.4, 0.5) is 4.79 Å². The number of alkyl carbamates (subject to hydrolysis) is 1. The predicted octanol–water partition coefficient (Wildman–Crippen LogP) is 6.23. The maximum absolute atomic E-state index is 14.2. The number of unbranched alkanes of at least 4 members (excludes halogenated alkanes) is 3. The van der Waals surface area contributed by atoms with Gasteiger partial charge in [-0.3, -0.25) is 4.79 Å². The quantitative estimate of drug-likeness (QED) is 0.178. The molecule has 2 amide bonds. The molecule has 3 heterocycles. The van der Waals surface area contributed by atoms with E-state index >= 15 is 0 Å². The van der Waals surface area contributed by atoms with E-state index in [1.807, 2.05) is 24.3 Å². The van der Waals surface area contributed by atoms with Gasteiger partial charge in [0.25, 0.3) is 0 Å². The van der Waals surface area contributed by atoms with Crippen LogP contribution in [0.25, 0.3) is 10.9 Å². The van der Waals surface area contributed by atoms with Crippen LogP contribution < -0.4 is 14.8 Å². The van der Waals surface area contributed by atoms with Gasteiger partial charge in [-0.2, -0.15) is 0 Å². The molecule has 1 aromatic heterocycles. The molecule has 246 valence electrons. The molecule has 1 aromatic carbocycles. The van der Waals surface area contributed by atoms with Crippen LogP contribution in [0.2, 0.25) is 0 Å². The average Bonchev–Trinajstić information content (AvgIpc) is 3.36. The number of pyridine rings is 1. The number of fused-ring (bicyclic) bond motifs is 3. The largest absolute Gasteiger partial charge is 0.497 e. The number of amides is 2. The van der Waals surface area contributed by atoms with Crippen molar-refractivity contribution in [2.45, 2.75) is 115 Å². The first kappa shape index (κ1) is 34.1. The highest BCUT2D eigenvalue weighted by Gasteiger charge is 2.53. The first-order valence-corrected chi connectivity index (χ1v) is 16.0. The predicted molar refractivity (Wildman–Crippen MR) is 173 cm³/mol. The van der Waals surface area contributed by atoms with Crippen LogP contribution in [0.15, 0.2) is 30.9 Å². The Hall–Kier alpha value is -3.82. The summed E-state index contributed by atoms with van der Waals surface area (Å²) < 4.78 is 23.0. The minimum atomic E-state index is -0.869. The normalized spacial score (nSPS) is 20.0. The van der Waals surface area contributed by atoms with Crippen molar-refractivity contribution in [1.82, 2.24) is 15.2 Å². The van der Waals surface area contributed by atoms with Crippen molar-refractivity contribution in [3.8, 4) is 11.5 Å². The van der Waals surface area contributed by atoms with Crippen molar-refractivity contribution in [1.29, 1.82) is 0 Å². The lowest BCUT2D eigenvalue weighted by Crippen LogP contribution is -2.53. The molecule has 1 N–H and O–H groups in total. The summed E-state index contributed by atoms with van der Waals surface area (Å²) in [6.45, 7) is 13.4. The molecule has 0 bridgehead atoms. The van der Waals surface area contributed by atoms with Gasteiger partial charge in [-0.1, -0.05) is 32.8 Å². The second-order valence-corrected chi connectivity index (χ2v) is 13.5. The van der Waals surface area contributed by atoms with E-state index in [-0.39, 0.29) is 24.8 Å². The van der Waals surface area contributed by atoms with Gasteiger partial charge in [-0.05, 0) is 77.0 Å². The molecule has 1 spiro atoms. The Morgan fingerprint density at radius 3 is 2.60 bits per heavy atom. The van der Waals surface area contributed by atoms with Gasteiger partial charge in [0.1, 0.15) is 34.8 Å². The minimum Gasteiger partial charge on any atom is -0.497 e. The summed E-state index contributed by atoms with van der Waals surface area (Å²) in [6, 6.07) is 4.12. The number of aryl methyl sites for hydroxylation is 1. The second-order valence-electron chi connectivity index (χ2n) is 13.5. The summed E-state index contributed by atoms with van der Waals surface area (Å²) in [5, 5.41) is 3.76. The number of benzene rings is 1. The molecule has 45 heavy (non-hydrogen) atoms. The molecule has 0 radical (unpaired) electrons. The number of nitrogens with one attached hydrogen (secondary N) is 1. The van der Waals surface area contributed by atoms with Crippen LogP contribution in [0.1, 0.15) is 96.7 Å². The molecule has 2 aliphatic rings. The number of methoxy groups -OCH3 is 2. The monoisotopic (exact) mass is 623 g/mol. The third kappa shape index (κ3) is 7.89. The van der Waals surface area contributed by atoms with E-state index in [2.05, 4.69) is 25.7 Å². The van der Waals surface area contributed by atoms with E-state index in [1.54, 1.807) is 27.9 Å². The van der Waals surface area contributed by atoms with E-state index in [0.29, 0.717) is 31.4 Å². The zero-order valence-corrected chi connectivity index (χ0v) is 27.9. The number of rotatable bonds is 11. The fourth-order valence-corrected chi connectivity index (χ4v) is 6.31. The summed E-state index contributed by atoms with van der Waals surface area (Å²) in [5.74, 6) is 0.666. The summed E-state index contributed by atoms with van der Waals surface area (Å²) in [4.78, 5) is 46.7. The number of nitrogens with zero attached hydrogens (tertiary/aromatic N) is 2. The van der Waals surface area contributed by atoms with Crippen LogP contribution in [-0.2, 0) is 25.5 Å². The molecule has 3 atom stereocenters. The third-order valence-corrected chi connectivity index (χ3v) is 8.52. The van der Waals surface area contributed by atoms with Crippen molar-refractivity contribution < 1.29 is 33.3 Å². The topological polar surface area (TPSA) is 116 Å². The number of carbonyl (C=O) groups excluding carboxylic acids is 3. The summed E-state index contributed by atoms with van der Waals surface area (Å²) >= 11 is 0. The molecule has 2 aliphatic heterocycles. The highest BCUT2D eigenvalue weighted by atomic mass is 16.6. The van der Waals surface area contributed by atoms with Gasteiger partial charge in [0.05, 0.1) is 32.0 Å². The fraction of sp³-hybridized carbons (Fsp3) is 0.600. The van der Waals surface area contributed by atoms with Crippen molar-refractivity contribution >= 4 is 28.9 Å². The lowest BCUT2D eigenvalue weighted by Gasteiger charge is -2.37. The Bertz CT molecular complexity index is 1420. The molecule has 0 aliphatic carbocycles. The maximum atomic E-state index is 14.2. The molecule has 10 nitrogen and oxygen atoms in total. The van der Waals surface area contributed by atoms with E-state index in [1.165, 1.54) is 12.0 Å². The van der Waals surface area contributed by atoms with E-state index in [4.69, 9.17) is 23.9 Å². The highest BCUT2D eigenvalue weighted by molar-refractivity contribution is 5.91. The summed E-state index contributed by atoms with van der Waals surface area (Å²) in [7, 11) is 2.96. The zero-order valence-electron chi connectivity index (χ0n) is 27.9. The van der Waals surface area contributed by atoms with Gasteiger partial charge in [0.15, 0.2) is 0 Å². The van der Waals surface area contributed by atoms with Gasteiger partial charge < -0.3 is 29.2 Å². The average molecular weight is 624 g/mol. The standard InChI is InChI=1S/C35H49N3O7/c1-9-10-11-12-13-14-27(37-33(41)45-34(4,5)6)31(39)38-21-35(20-28(38)32(40)43-8)18-17-24-25-19-23(42-7)15-16-26(25)36-29(22(2)3)30(24)44-35/h9,15-16,19,22,27-28H,1,10-14,17-18,20-21H2,2-8H3,(H,37,41). The number of aromatic nitrogens is 1. The number of hydrogen-bond acceptors (Lipinski definition) is 8. The molecule has 4 rings (SSSR count). The molecule has 10 heteroatoms. The Morgan fingerprint density at radius 1 is 1.20 bits per heavy atom. The van der Waals surface area contributed by atoms with Gasteiger partial charge in [0, 0.05) is 17.4 Å². The lowest BCUT2D eigenvalue weighted by atomic mass is 9.86. The first-order valence-electron chi connectivity index (χ1n) is 16.0. The van der Waals surface area contributed by atoms with Gasteiger partial charge in [-0.25, -0.2) is 14.6 Å². The number of allylic oxidation sites excluding steroid dienone is 1. The molecule has 1 saturated heterocycles. The Labute approximate surface area is 266 Å². The van der Waals surface area contributed by atoms with Crippen molar-refractivity contribution in [3.05, 3.63) is 42.1 Å². The van der Waals surface area contributed by atoms with Crippen LogP contribution in [-0.4, -0.2) is 71.9 Å². The Kier molecular flexibility index (Phi) is 10.7. The van der Waals surface area contributed by atoms with Gasteiger partial charge in [-0.15, -0.1) is 6.58 Å². The Morgan fingerprint density at radius 2 is 1.96 bits per heavy atom. The van der Waals surface area contributed by atoms with Crippen LogP contribution in [0, 0.1) is 0 Å². The number of hydrogen-bond donors (Lipinski definition) is 1. The SMILES string of the molecule is C=CCCCCCC(NC(=O)OC(C)(C)C)C(=O)N1CC2(CCc3c(c(C(C)C)nc4ccc(OC)cc34)O2)CC1C(=O)OC. The molecular weight excluding hydrogens is 574 g/mol. The van der Waals surface area contributed by atoms with Crippen LogP contribution >= 0.6 is 0 Å². The Balaban J connectivity index is 1.66. The van der Waals surface area contributed by atoms with Gasteiger partial charge >= 0.3 is 12.1 Å². The van der Waals surface area contributed by atoms with Gasteiger partial charge in [0.2, 0.25) is 5.91 Å². The van der Waals surface area contributed by atoms with E-state index in [0.717, 1.165) is 47.2 Å². The van der Waals surface area contributed by atoms with Crippen molar-refractivity contribution in [2.24, 2.45) is 0 Å². The van der Waals surface area contributed by atoms with Crippen molar-refractivity contribution in [2.75, 3.05) is 20.8 Å². The third-order valence-electron chi connectivity index (χ3n) is 8.52. The minimum absolute atomic E-state index is 0.0828. The number of ether oxygens (including phenoxy) is 4. The fourth-order valence-electron chi connectivity index (χ4n) is 6.31. The number of carbonyl (C=O) groups is 3. The molecule has 0 saturated carbocycles. The number of likely N-dealkylation sites (tertiary alicyclic amines) is 1. The summed E-state index contributed by atoms with van der Waals surface area (Å²) in [6.07, 6.45) is 6.56. The second kappa shape index (κ2) is 14.1. The number of esters is 1. The van der Waals surface area contributed by atoms with Crippen LogP contribution in [0.3, 0.4) is 0 Å². The highest BCUT2D eigenvalue weighted by Crippen LogP contribution is 2.46. The molecule has 2 aromatic rings. The molecular formula is C35H49N3O7. The van der Waals surface area contributed by atoms with Crippen molar-refractivity contribution in [3.63, 3.8) is 0 Å². The lowest BCUT2D eigenvalue weighted by molar-refractivity contribution is -0.151.